The number of hydrogen-bond donors (Lipinski definition) is 2. The molecule has 1 rings (SSSR count). The lowest BCUT2D eigenvalue weighted by Gasteiger charge is -2.18. The van der Waals surface area contributed by atoms with Crippen molar-refractivity contribution in [3.05, 3.63) is 16.2 Å². The lowest BCUT2D eigenvalue weighted by Crippen LogP contribution is -2.33. The van der Waals surface area contributed by atoms with Crippen molar-refractivity contribution < 1.29 is 13.3 Å². The summed E-state index contributed by atoms with van der Waals surface area (Å²) >= 11 is 0.736. The number of nitrogen functional groups attached to an aromatic ring is 1. The van der Waals surface area contributed by atoms with Gasteiger partial charge in [-0.3, -0.25) is 10.1 Å². The molecule has 9 nitrogen and oxygen atoms in total. The molecule has 0 aliphatic rings. The molecule has 20 heavy (non-hydrogen) atoms. The molecule has 0 spiro atoms. The molecule has 11 heteroatoms. The van der Waals surface area contributed by atoms with E-state index in [0.29, 0.717) is 6.54 Å². The summed E-state index contributed by atoms with van der Waals surface area (Å²) in [5.41, 5.74) is 1.79. The average Bonchev–Trinajstić information content (AvgIpc) is 2.80. The van der Waals surface area contributed by atoms with Crippen molar-refractivity contribution in [1.82, 2.24) is 9.21 Å². The quantitative estimate of drug-likeness (QED) is 0.415. The summed E-state index contributed by atoms with van der Waals surface area (Å²) < 4.78 is 25.6. The third-order valence-electron chi connectivity index (χ3n) is 2.54. The highest BCUT2D eigenvalue weighted by Gasteiger charge is 2.28. The first kappa shape index (κ1) is 16.8. The van der Waals surface area contributed by atoms with Crippen molar-refractivity contribution in [2.24, 2.45) is 5.84 Å². The fraction of sp³-hybridized carbons (Fsp3) is 0.556. The minimum atomic E-state index is -3.75. The van der Waals surface area contributed by atoms with Gasteiger partial charge in [0.15, 0.2) is 5.00 Å². The molecule has 0 radical (unpaired) electrons. The van der Waals surface area contributed by atoms with Crippen LogP contribution in [0.4, 0.5) is 10.7 Å². The van der Waals surface area contributed by atoms with Gasteiger partial charge in [-0.05, 0) is 14.1 Å². The third-order valence-corrected chi connectivity index (χ3v) is 5.91. The number of nitrogens with one attached hydrogen (secondary N) is 1. The Kier molecular flexibility index (Phi) is 5.42. The van der Waals surface area contributed by atoms with Gasteiger partial charge in [-0.15, -0.1) is 0 Å². The first-order valence-corrected chi connectivity index (χ1v) is 7.81. The lowest BCUT2D eigenvalue weighted by molar-refractivity contribution is -0.383. The number of anilines is 1. The predicted octanol–water partition coefficient (Wildman–Crippen LogP) is 0.124. The van der Waals surface area contributed by atoms with E-state index in [1.54, 1.807) is 0 Å². The van der Waals surface area contributed by atoms with Crippen LogP contribution in [0.2, 0.25) is 0 Å². The maximum atomic E-state index is 12.3. The smallest absolute Gasteiger partial charge is 0.306 e. The third kappa shape index (κ3) is 3.64. The standard InChI is InChI=1S/C9H17N5O4S2/c1-12(2)4-5-13(3)20(17,18)8-6-7(14(15)16)9(11-10)19-8/h6,11H,4-5,10H2,1-3H3. The number of nitrogens with two attached hydrogens (primary N) is 1. The Morgan fingerprint density at radius 3 is 2.40 bits per heavy atom. The maximum Gasteiger partial charge on any atom is 0.306 e. The molecule has 3 N–H and O–H groups in total. The Morgan fingerprint density at radius 1 is 1.40 bits per heavy atom. The number of hydrogen-bond acceptors (Lipinski definition) is 8. The van der Waals surface area contributed by atoms with Crippen LogP contribution < -0.4 is 11.3 Å². The van der Waals surface area contributed by atoms with Gasteiger partial charge in [0.1, 0.15) is 4.21 Å². The summed E-state index contributed by atoms with van der Waals surface area (Å²) in [4.78, 5) is 12.0. The first-order chi connectivity index (χ1) is 9.20. The van der Waals surface area contributed by atoms with Crippen LogP contribution in [0, 0.1) is 10.1 Å². The van der Waals surface area contributed by atoms with Crippen LogP contribution in [0.25, 0.3) is 0 Å². The molecule has 1 heterocycles. The zero-order valence-corrected chi connectivity index (χ0v) is 13.0. The SMILES string of the molecule is CN(C)CCN(C)S(=O)(=O)c1cc([N+](=O)[O-])c(NN)s1. The molecule has 114 valence electrons. The number of sulfonamides is 1. The number of thiophene rings is 1. The van der Waals surface area contributed by atoms with E-state index in [1.807, 2.05) is 19.0 Å². The van der Waals surface area contributed by atoms with E-state index in [9.17, 15) is 18.5 Å². The number of nitro groups is 1. The summed E-state index contributed by atoms with van der Waals surface area (Å²) in [5.74, 6) is 5.16. The fourth-order valence-corrected chi connectivity index (χ4v) is 3.95. The van der Waals surface area contributed by atoms with Gasteiger partial charge in [-0.1, -0.05) is 11.3 Å². The van der Waals surface area contributed by atoms with E-state index in [4.69, 9.17) is 5.84 Å². The number of nitrogens with zero attached hydrogens (tertiary/aromatic N) is 3. The maximum absolute atomic E-state index is 12.3. The van der Waals surface area contributed by atoms with Gasteiger partial charge < -0.3 is 10.3 Å². The molecule has 0 bridgehead atoms. The predicted molar refractivity (Wildman–Crippen MR) is 77.2 cm³/mol. The lowest BCUT2D eigenvalue weighted by atomic mass is 10.5. The Balaban J connectivity index is 3.06. The van der Waals surface area contributed by atoms with E-state index in [2.05, 4.69) is 5.43 Å². The second kappa shape index (κ2) is 6.45. The Labute approximate surface area is 121 Å². The van der Waals surface area contributed by atoms with Gasteiger partial charge in [0.2, 0.25) is 0 Å². The number of rotatable bonds is 7. The summed E-state index contributed by atoms with van der Waals surface area (Å²) in [6.07, 6.45) is 0. The summed E-state index contributed by atoms with van der Waals surface area (Å²) in [6, 6.07) is 1.02. The van der Waals surface area contributed by atoms with E-state index >= 15 is 0 Å². The van der Waals surface area contributed by atoms with Crippen LogP contribution >= 0.6 is 11.3 Å². The zero-order chi connectivity index (χ0) is 15.5. The molecule has 0 saturated carbocycles. The van der Waals surface area contributed by atoms with E-state index in [-0.39, 0.29) is 21.4 Å². The van der Waals surface area contributed by atoms with Crippen LogP contribution in [0.15, 0.2) is 10.3 Å². The van der Waals surface area contributed by atoms with E-state index in [0.717, 1.165) is 21.7 Å². The van der Waals surface area contributed by atoms with Crippen LogP contribution in [-0.4, -0.2) is 56.8 Å². The number of hydrazine groups is 1. The van der Waals surface area contributed by atoms with Crippen LogP contribution in [0.3, 0.4) is 0 Å². The first-order valence-electron chi connectivity index (χ1n) is 5.56. The minimum Gasteiger partial charge on any atom is -0.310 e. The van der Waals surface area contributed by atoms with Crippen LogP contribution in [0.5, 0.6) is 0 Å². The van der Waals surface area contributed by atoms with Gasteiger partial charge in [-0.2, -0.15) is 4.31 Å². The highest BCUT2D eigenvalue weighted by atomic mass is 32.2. The van der Waals surface area contributed by atoms with Gasteiger partial charge in [0, 0.05) is 26.2 Å². The fourth-order valence-electron chi connectivity index (χ4n) is 1.34. The highest BCUT2D eigenvalue weighted by molar-refractivity contribution is 7.91. The topological polar surface area (TPSA) is 122 Å². The average molecular weight is 323 g/mol. The Hall–Kier alpha value is -1.27. The summed E-state index contributed by atoms with van der Waals surface area (Å²) in [7, 11) is 1.33. The zero-order valence-electron chi connectivity index (χ0n) is 11.4. The molecule has 0 fully saturated rings. The largest absolute Gasteiger partial charge is 0.310 e. The molecule has 0 unspecified atom stereocenters. The van der Waals surface area contributed by atoms with Gasteiger partial charge in [-0.25, -0.2) is 14.3 Å². The van der Waals surface area contributed by atoms with Crippen molar-refractivity contribution >= 4 is 32.0 Å². The molecule has 0 saturated heterocycles. The van der Waals surface area contributed by atoms with Gasteiger partial charge in [0.25, 0.3) is 10.0 Å². The van der Waals surface area contributed by atoms with E-state index in [1.165, 1.54) is 7.05 Å². The van der Waals surface area contributed by atoms with Crippen molar-refractivity contribution in [2.75, 3.05) is 39.7 Å². The van der Waals surface area contributed by atoms with Gasteiger partial charge in [0.05, 0.1) is 4.92 Å². The van der Waals surface area contributed by atoms with Crippen molar-refractivity contribution in [3.8, 4) is 0 Å². The molecular formula is C9H17N5O4S2. The van der Waals surface area contributed by atoms with Crippen molar-refractivity contribution in [2.45, 2.75) is 4.21 Å². The Morgan fingerprint density at radius 2 is 2.00 bits per heavy atom. The normalized spacial score (nSPS) is 12.1. The van der Waals surface area contributed by atoms with Crippen LogP contribution in [0.1, 0.15) is 0 Å². The second-order valence-corrected chi connectivity index (χ2v) is 7.64. The van der Waals surface area contributed by atoms with Crippen LogP contribution in [-0.2, 0) is 10.0 Å². The molecule has 1 aromatic rings. The minimum absolute atomic E-state index is 0.00887. The summed E-state index contributed by atoms with van der Waals surface area (Å²) in [6.45, 7) is 0.831. The van der Waals surface area contributed by atoms with Crippen molar-refractivity contribution in [3.63, 3.8) is 0 Å². The molecule has 0 atom stereocenters. The van der Waals surface area contributed by atoms with E-state index < -0.39 is 14.9 Å². The number of likely N-dealkylation sites (N-methyl/N-ethyl adjacent to an activating group) is 2. The molecule has 0 aliphatic carbocycles. The molecule has 0 aromatic carbocycles. The second-order valence-electron chi connectivity index (χ2n) is 4.31. The summed E-state index contributed by atoms with van der Waals surface area (Å²) in [5, 5.41) is 10.8. The van der Waals surface area contributed by atoms with Gasteiger partial charge >= 0.3 is 5.69 Å². The molecule has 0 aliphatic heterocycles. The highest BCUT2D eigenvalue weighted by Crippen LogP contribution is 2.37. The molecule has 1 aromatic heterocycles. The Bertz CT molecular complexity index is 583. The molecule has 0 amide bonds. The molecular weight excluding hydrogens is 306 g/mol. The van der Waals surface area contributed by atoms with Crippen molar-refractivity contribution in [1.29, 1.82) is 0 Å². The monoisotopic (exact) mass is 323 g/mol.